The number of anilines is 1. The van der Waals surface area contributed by atoms with E-state index >= 15 is 0 Å². The van der Waals surface area contributed by atoms with E-state index in [1.54, 1.807) is 11.3 Å². The van der Waals surface area contributed by atoms with Gasteiger partial charge in [-0.25, -0.2) is 4.98 Å². The van der Waals surface area contributed by atoms with Crippen LogP contribution in [0.1, 0.15) is 26.7 Å². The lowest BCUT2D eigenvalue weighted by molar-refractivity contribution is 0.726. The average molecular weight is 346 g/mol. The summed E-state index contributed by atoms with van der Waals surface area (Å²) in [6.07, 6.45) is 2.31. The van der Waals surface area contributed by atoms with Gasteiger partial charge in [0, 0.05) is 18.0 Å². The van der Waals surface area contributed by atoms with Gasteiger partial charge in [0.1, 0.15) is 10.6 Å². The van der Waals surface area contributed by atoms with Crippen molar-refractivity contribution in [2.75, 3.05) is 18.0 Å². The average Bonchev–Trinajstić information content (AvgIpc) is 3.00. The number of hydrogen-bond donors (Lipinski definition) is 0. The molecule has 2 heterocycles. The van der Waals surface area contributed by atoms with Crippen LogP contribution in [0.3, 0.4) is 0 Å². The molecule has 0 saturated heterocycles. The molecule has 3 rings (SSSR count). The molecule has 0 unspecified atom stereocenters. The van der Waals surface area contributed by atoms with E-state index < -0.39 is 0 Å². The number of hydrogen-bond acceptors (Lipinski definition) is 4. The molecule has 0 aliphatic carbocycles. The number of halogens is 1. The molecule has 3 aromatic rings. The predicted molar refractivity (Wildman–Crippen MR) is 101 cm³/mol. The third-order valence-corrected chi connectivity index (χ3v) is 5.11. The van der Waals surface area contributed by atoms with E-state index in [4.69, 9.17) is 11.6 Å². The molecule has 0 aliphatic rings. The molecule has 23 heavy (non-hydrogen) atoms. The Morgan fingerprint density at radius 2 is 1.91 bits per heavy atom. The standard InChI is InChI=1S/C18H20ClN3S/c1-3-5-11-22(4-2)16-14-12-15(13-9-7-6-8-10-13)23-17(14)21-18(19)20-16/h6-10,12H,3-5,11H2,1-2H3. The molecule has 0 amide bonds. The molecule has 0 N–H and O–H groups in total. The Hall–Kier alpha value is -1.65. The zero-order chi connectivity index (χ0) is 16.2. The highest BCUT2D eigenvalue weighted by molar-refractivity contribution is 7.22. The summed E-state index contributed by atoms with van der Waals surface area (Å²) < 4.78 is 0. The van der Waals surface area contributed by atoms with Gasteiger partial charge in [-0.2, -0.15) is 4.98 Å². The predicted octanol–water partition coefficient (Wildman–Crippen LogP) is 5.64. The molecule has 5 heteroatoms. The first kappa shape index (κ1) is 16.2. The van der Waals surface area contributed by atoms with Gasteiger partial charge < -0.3 is 4.90 Å². The van der Waals surface area contributed by atoms with E-state index in [0.717, 1.165) is 42.0 Å². The fourth-order valence-electron chi connectivity index (χ4n) is 2.63. The number of rotatable bonds is 6. The van der Waals surface area contributed by atoms with Crippen LogP contribution in [0.2, 0.25) is 5.28 Å². The van der Waals surface area contributed by atoms with Crippen molar-refractivity contribution in [2.24, 2.45) is 0 Å². The molecule has 2 aromatic heterocycles. The Kier molecular flexibility index (Phi) is 5.13. The van der Waals surface area contributed by atoms with Gasteiger partial charge >= 0.3 is 0 Å². The Bertz CT molecular complexity index is 786. The van der Waals surface area contributed by atoms with Crippen LogP contribution < -0.4 is 4.90 Å². The lowest BCUT2D eigenvalue weighted by Gasteiger charge is -2.22. The molecule has 0 spiro atoms. The first-order valence-corrected chi connectivity index (χ1v) is 9.19. The monoisotopic (exact) mass is 345 g/mol. The van der Waals surface area contributed by atoms with Crippen molar-refractivity contribution < 1.29 is 0 Å². The Morgan fingerprint density at radius 3 is 2.61 bits per heavy atom. The first-order valence-electron chi connectivity index (χ1n) is 8.00. The summed E-state index contributed by atoms with van der Waals surface area (Å²) in [5.41, 5.74) is 1.20. The van der Waals surface area contributed by atoms with Crippen LogP contribution in [0.5, 0.6) is 0 Å². The minimum absolute atomic E-state index is 0.323. The molecule has 1 aromatic carbocycles. The highest BCUT2D eigenvalue weighted by atomic mass is 35.5. The highest BCUT2D eigenvalue weighted by Gasteiger charge is 2.16. The lowest BCUT2D eigenvalue weighted by Crippen LogP contribution is -2.25. The van der Waals surface area contributed by atoms with Gasteiger partial charge in [-0.15, -0.1) is 11.3 Å². The van der Waals surface area contributed by atoms with Crippen molar-refractivity contribution in [3.8, 4) is 10.4 Å². The van der Waals surface area contributed by atoms with Gasteiger partial charge in [0.2, 0.25) is 5.28 Å². The summed E-state index contributed by atoms with van der Waals surface area (Å²) in [5.74, 6) is 0.953. The van der Waals surface area contributed by atoms with Crippen LogP contribution in [0.15, 0.2) is 36.4 Å². The summed E-state index contributed by atoms with van der Waals surface area (Å²) >= 11 is 7.84. The second-order valence-corrected chi connectivity index (χ2v) is 6.81. The summed E-state index contributed by atoms with van der Waals surface area (Å²) in [5, 5.41) is 1.42. The van der Waals surface area contributed by atoms with Crippen molar-refractivity contribution in [2.45, 2.75) is 26.7 Å². The van der Waals surface area contributed by atoms with Crippen LogP contribution in [0.4, 0.5) is 5.82 Å². The molecular formula is C18H20ClN3S. The topological polar surface area (TPSA) is 29.0 Å². The molecule has 120 valence electrons. The van der Waals surface area contributed by atoms with E-state index in [1.807, 2.05) is 6.07 Å². The summed E-state index contributed by atoms with van der Waals surface area (Å²) in [4.78, 5) is 13.4. The van der Waals surface area contributed by atoms with Crippen LogP contribution in [0, 0.1) is 0 Å². The molecule has 0 saturated carbocycles. The number of benzene rings is 1. The maximum atomic E-state index is 6.17. The number of nitrogens with zero attached hydrogens (tertiary/aromatic N) is 3. The maximum absolute atomic E-state index is 6.17. The van der Waals surface area contributed by atoms with E-state index in [-0.39, 0.29) is 0 Å². The van der Waals surface area contributed by atoms with E-state index in [9.17, 15) is 0 Å². The lowest BCUT2D eigenvalue weighted by atomic mass is 10.2. The van der Waals surface area contributed by atoms with Gasteiger partial charge in [0.05, 0.1) is 5.39 Å². The van der Waals surface area contributed by atoms with E-state index in [0.29, 0.717) is 5.28 Å². The fourth-order valence-corrected chi connectivity index (χ4v) is 3.88. The van der Waals surface area contributed by atoms with E-state index in [1.165, 1.54) is 10.4 Å². The molecule has 0 fully saturated rings. The summed E-state index contributed by atoms with van der Waals surface area (Å²) in [6.45, 7) is 6.27. The van der Waals surface area contributed by atoms with Crippen LogP contribution in [-0.2, 0) is 0 Å². The highest BCUT2D eigenvalue weighted by Crippen LogP contribution is 2.37. The Labute approximate surface area is 146 Å². The molecule has 0 bridgehead atoms. The van der Waals surface area contributed by atoms with Crippen molar-refractivity contribution in [1.29, 1.82) is 0 Å². The SMILES string of the molecule is CCCCN(CC)c1nc(Cl)nc2sc(-c3ccccc3)cc12. The third-order valence-electron chi connectivity index (χ3n) is 3.87. The van der Waals surface area contributed by atoms with Gasteiger partial charge in [-0.3, -0.25) is 0 Å². The molecule has 0 radical (unpaired) electrons. The minimum Gasteiger partial charge on any atom is -0.356 e. The second-order valence-electron chi connectivity index (χ2n) is 5.44. The van der Waals surface area contributed by atoms with Crippen LogP contribution in [-0.4, -0.2) is 23.1 Å². The smallest absolute Gasteiger partial charge is 0.225 e. The van der Waals surface area contributed by atoms with Gasteiger partial charge in [0.25, 0.3) is 0 Å². The van der Waals surface area contributed by atoms with Gasteiger partial charge in [-0.05, 0) is 36.6 Å². The summed E-state index contributed by atoms with van der Waals surface area (Å²) in [7, 11) is 0. The molecule has 0 atom stereocenters. The van der Waals surface area contributed by atoms with Gasteiger partial charge in [-0.1, -0.05) is 43.7 Å². The number of aromatic nitrogens is 2. The largest absolute Gasteiger partial charge is 0.356 e. The van der Waals surface area contributed by atoms with Gasteiger partial charge in [0.15, 0.2) is 0 Å². The molecule has 0 aliphatic heterocycles. The molecular weight excluding hydrogens is 326 g/mol. The second kappa shape index (κ2) is 7.28. The van der Waals surface area contributed by atoms with Crippen molar-refractivity contribution in [3.05, 3.63) is 41.7 Å². The normalized spacial score (nSPS) is 11.1. The first-order chi connectivity index (χ1) is 11.2. The van der Waals surface area contributed by atoms with E-state index in [2.05, 4.69) is 59.0 Å². The van der Waals surface area contributed by atoms with Crippen LogP contribution in [0.25, 0.3) is 20.7 Å². The van der Waals surface area contributed by atoms with Crippen molar-refractivity contribution >= 4 is 39.0 Å². The zero-order valence-electron chi connectivity index (χ0n) is 13.4. The third kappa shape index (κ3) is 3.48. The molecule has 3 nitrogen and oxygen atoms in total. The Balaban J connectivity index is 2.09. The Morgan fingerprint density at radius 1 is 1.13 bits per heavy atom. The quantitative estimate of drug-likeness (QED) is 0.541. The van der Waals surface area contributed by atoms with Crippen LogP contribution >= 0.6 is 22.9 Å². The maximum Gasteiger partial charge on any atom is 0.225 e. The number of fused-ring (bicyclic) bond motifs is 1. The fraction of sp³-hybridized carbons (Fsp3) is 0.333. The number of thiophene rings is 1. The van der Waals surface area contributed by atoms with Crippen molar-refractivity contribution in [3.63, 3.8) is 0 Å². The van der Waals surface area contributed by atoms with Crippen molar-refractivity contribution in [1.82, 2.24) is 9.97 Å². The minimum atomic E-state index is 0.323. The zero-order valence-corrected chi connectivity index (χ0v) is 15.0. The number of unbranched alkanes of at least 4 members (excludes halogenated alkanes) is 1. The summed E-state index contributed by atoms with van der Waals surface area (Å²) in [6, 6.07) is 12.6.